The number of fused-ring (bicyclic) bond motifs is 1. The lowest BCUT2D eigenvalue weighted by Gasteiger charge is -2.39. The molecule has 0 amide bonds. The molecule has 2 nitrogen and oxygen atoms in total. The number of benzene rings is 3. The van der Waals surface area contributed by atoms with Crippen molar-refractivity contribution in [3.8, 4) is 0 Å². The van der Waals surface area contributed by atoms with Gasteiger partial charge in [0.1, 0.15) is 0 Å². The fraction of sp³-hybridized carbons (Fsp3) is 0.379. The molecule has 32 heavy (non-hydrogen) atoms. The molecule has 3 aromatic carbocycles. The maximum absolute atomic E-state index is 3.91. The van der Waals surface area contributed by atoms with E-state index in [0.717, 1.165) is 19.6 Å². The third-order valence-corrected chi connectivity index (χ3v) is 8.31. The van der Waals surface area contributed by atoms with Crippen LogP contribution in [0.1, 0.15) is 42.9 Å². The number of nitrogens with zero attached hydrogens (tertiary/aromatic N) is 1. The molecule has 1 N–H and O–H groups in total. The Kier molecular flexibility index (Phi) is 6.97. The number of allylic oxidation sites excluding steroid dienone is 1. The summed E-state index contributed by atoms with van der Waals surface area (Å²) in [5.41, 5.74) is 2.90. The summed E-state index contributed by atoms with van der Waals surface area (Å²) in [5.74, 6) is 2.52. The smallest absolute Gasteiger partial charge is 0.0298 e. The number of hydrogen-bond acceptors (Lipinski definition) is 3. The number of rotatable bonds is 7. The van der Waals surface area contributed by atoms with E-state index in [-0.39, 0.29) is 0 Å². The van der Waals surface area contributed by atoms with E-state index in [0.29, 0.717) is 17.9 Å². The summed E-state index contributed by atoms with van der Waals surface area (Å²) < 4.78 is 0. The second-order valence-electron chi connectivity index (χ2n) is 9.31. The van der Waals surface area contributed by atoms with E-state index >= 15 is 0 Å². The van der Waals surface area contributed by atoms with Crippen molar-refractivity contribution in [3.05, 3.63) is 94.9 Å². The van der Waals surface area contributed by atoms with Gasteiger partial charge in [0.15, 0.2) is 0 Å². The van der Waals surface area contributed by atoms with Gasteiger partial charge in [0.05, 0.1) is 0 Å². The fourth-order valence-corrected chi connectivity index (χ4v) is 6.41. The van der Waals surface area contributed by atoms with Crippen LogP contribution in [0.2, 0.25) is 0 Å². The van der Waals surface area contributed by atoms with Crippen LogP contribution in [0.4, 0.5) is 0 Å². The van der Waals surface area contributed by atoms with Crippen LogP contribution >= 0.6 is 11.8 Å². The average molecular weight is 443 g/mol. The van der Waals surface area contributed by atoms with Crippen LogP contribution in [0.15, 0.2) is 83.8 Å². The second kappa shape index (κ2) is 10.2. The molecule has 3 aromatic rings. The normalized spacial score (nSPS) is 22.7. The Morgan fingerprint density at radius 1 is 1.00 bits per heavy atom. The van der Waals surface area contributed by atoms with Crippen LogP contribution < -0.4 is 5.32 Å². The van der Waals surface area contributed by atoms with Gasteiger partial charge < -0.3 is 5.32 Å². The lowest BCUT2D eigenvalue weighted by molar-refractivity contribution is 0.167. The van der Waals surface area contributed by atoms with Crippen molar-refractivity contribution in [3.63, 3.8) is 0 Å². The highest BCUT2D eigenvalue weighted by molar-refractivity contribution is 8.03. The zero-order chi connectivity index (χ0) is 21.8. The summed E-state index contributed by atoms with van der Waals surface area (Å²) in [7, 11) is 0. The monoisotopic (exact) mass is 442 g/mol. The molecule has 0 aromatic heterocycles. The molecule has 0 radical (unpaired) electrons. The molecule has 0 bridgehead atoms. The van der Waals surface area contributed by atoms with Gasteiger partial charge in [-0.25, -0.2) is 0 Å². The summed E-state index contributed by atoms with van der Waals surface area (Å²) >= 11 is 2.05. The average Bonchev–Trinajstić information content (AvgIpc) is 3.36. The number of nitrogens with one attached hydrogen (secondary N) is 1. The molecule has 2 unspecified atom stereocenters. The van der Waals surface area contributed by atoms with Crippen molar-refractivity contribution >= 4 is 22.5 Å². The quantitative estimate of drug-likeness (QED) is 0.443. The Bertz CT molecular complexity index is 1060. The van der Waals surface area contributed by atoms with Gasteiger partial charge in [-0.1, -0.05) is 78.9 Å². The van der Waals surface area contributed by atoms with Crippen LogP contribution in [0.25, 0.3) is 10.8 Å². The summed E-state index contributed by atoms with van der Waals surface area (Å²) in [4.78, 5) is 4.27. The van der Waals surface area contributed by atoms with Crippen molar-refractivity contribution < 1.29 is 0 Å². The molecule has 0 aliphatic carbocycles. The zero-order valence-electron chi connectivity index (χ0n) is 19.0. The van der Waals surface area contributed by atoms with Crippen molar-refractivity contribution in [2.45, 2.75) is 31.7 Å². The van der Waals surface area contributed by atoms with E-state index in [9.17, 15) is 0 Å². The van der Waals surface area contributed by atoms with Gasteiger partial charge in [0.25, 0.3) is 0 Å². The fourth-order valence-electron chi connectivity index (χ4n) is 5.40. The van der Waals surface area contributed by atoms with E-state index in [4.69, 9.17) is 0 Å². The molecule has 166 valence electrons. The van der Waals surface area contributed by atoms with Gasteiger partial charge in [0.2, 0.25) is 0 Å². The van der Waals surface area contributed by atoms with Crippen molar-refractivity contribution in [1.82, 2.24) is 10.2 Å². The molecule has 5 rings (SSSR count). The zero-order valence-corrected chi connectivity index (χ0v) is 19.9. The Balaban J connectivity index is 1.29. The van der Waals surface area contributed by atoms with Crippen molar-refractivity contribution in [2.75, 3.05) is 31.9 Å². The molecule has 1 fully saturated rings. The van der Waals surface area contributed by atoms with Crippen LogP contribution in [0.3, 0.4) is 0 Å². The molecule has 0 saturated carbocycles. The standard InChI is InChI=1S/C29H34N2S/c1-22(27-15-7-12-23-11-5-6-14-28(23)27)30-19-25-16-17-31(20-26-13-8-18-32-26)21-29(25)24-9-3-2-4-10-24/h2-7,9-15,22,25,29-30H,8,16-21H2,1H3/t22-,25?,29?/m1/s1. The Hall–Kier alpha value is -2.07. The number of hydrogen-bond donors (Lipinski definition) is 1. The topological polar surface area (TPSA) is 15.3 Å². The molecule has 0 spiro atoms. The largest absolute Gasteiger partial charge is 0.310 e. The molecule has 3 atom stereocenters. The first-order valence-corrected chi connectivity index (χ1v) is 13.1. The maximum Gasteiger partial charge on any atom is 0.0298 e. The highest BCUT2D eigenvalue weighted by atomic mass is 32.2. The molecule has 2 heterocycles. The molecule has 2 aliphatic rings. The number of likely N-dealkylation sites (tertiary alicyclic amines) is 1. The Morgan fingerprint density at radius 3 is 2.66 bits per heavy atom. The van der Waals surface area contributed by atoms with Crippen LogP contribution in [0, 0.1) is 5.92 Å². The minimum Gasteiger partial charge on any atom is -0.310 e. The van der Waals surface area contributed by atoms with Gasteiger partial charge in [-0.3, -0.25) is 4.90 Å². The predicted molar refractivity (Wildman–Crippen MR) is 139 cm³/mol. The molecular weight excluding hydrogens is 408 g/mol. The van der Waals surface area contributed by atoms with E-state index in [1.54, 1.807) is 4.91 Å². The van der Waals surface area contributed by atoms with E-state index in [1.807, 2.05) is 0 Å². The lowest BCUT2D eigenvalue weighted by Crippen LogP contribution is -2.43. The first-order valence-electron chi connectivity index (χ1n) is 12.1. The first kappa shape index (κ1) is 21.8. The van der Waals surface area contributed by atoms with Gasteiger partial charge >= 0.3 is 0 Å². The minimum absolute atomic E-state index is 0.343. The predicted octanol–water partition coefficient (Wildman–Crippen LogP) is 6.62. The molecule has 2 aliphatic heterocycles. The minimum atomic E-state index is 0.343. The highest BCUT2D eigenvalue weighted by Crippen LogP contribution is 2.35. The van der Waals surface area contributed by atoms with E-state index in [1.165, 1.54) is 47.0 Å². The van der Waals surface area contributed by atoms with Crippen molar-refractivity contribution in [2.24, 2.45) is 5.92 Å². The van der Waals surface area contributed by atoms with Crippen LogP contribution in [-0.4, -0.2) is 36.8 Å². The summed E-state index contributed by atoms with van der Waals surface area (Å²) in [6.07, 6.45) is 4.95. The van der Waals surface area contributed by atoms with Gasteiger partial charge in [0, 0.05) is 30.8 Å². The van der Waals surface area contributed by atoms with Crippen LogP contribution in [0.5, 0.6) is 0 Å². The SMILES string of the molecule is C[C@@H](NCC1CCN(CC2=CCCS2)CC1c1ccccc1)c1cccc2ccccc12. The van der Waals surface area contributed by atoms with E-state index < -0.39 is 0 Å². The number of thioether (sulfide) groups is 1. The summed E-state index contributed by atoms with van der Waals surface area (Å²) in [6, 6.07) is 27.0. The van der Waals surface area contributed by atoms with Gasteiger partial charge in [-0.2, -0.15) is 0 Å². The molecule has 1 saturated heterocycles. The van der Waals surface area contributed by atoms with Gasteiger partial charge in [-0.15, -0.1) is 11.8 Å². The van der Waals surface area contributed by atoms with E-state index in [2.05, 4.69) is 108 Å². The number of piperidine rings is 1. The highest BCUT2D eigenvalue weighted by Gasteiger charge is 2.31. The Morgan fingerprint density at radius 2 is 1.81 bits per heavy atom. The third-order valence-electron chi connectivity index (χ3n) is 7.20. The van der Waals surface area contributed by atoms with Crippen molar-refractivity contribution in [1.29, 1.82) is 0 Å². The third kappa shape index (κ3) is 4.96. The van der Waals surface area contributed by atoms with Crippen LogP contribution in [-0.2, 0) is 0 Å². The molecular formula is C29H34N2S. The lowest BCUT2D eigenvalue weighted by atomic mass is 9.80. The first-order chi connectivity index (χ1) is 15.8. The maximum atomic E-state index is 3.91. The molecule has 3 heteroatoms. The summed E-state index contributed by atoms with van der Waals surface area (Å²) in [6.45, 7) is 6.89. The summed E-state index contributed by atoms with van der Waals surface area (Å²) in [5, 5.41) is 6.61. The van der Waals surface area contributed by atoms with Gasteiger partial charge in [-0.05, 0) is 65.6 Å². The Labute approximate surface area is 197 Å². The second-order valence-corrected chi connectivity index (χ2v) is 10.5.